The smallest absolute Gasteiger partial charge is 0.319 e. The summed E-state index contributed by atoms with van der Waals surface area (Å²) in [5.41, 5.74) is 8.19. The molecule has 1 aliphatic heterocycles. The number of urea groups is 1. The van der Waals surface area contributed by atoms with Gasteiger partial charge < -0.3 is 15.6 Å². The second-order valence-corrected chi connectivity index (χ2v) is 5.84. The molecule has 2 aromatic rings. The van der Waals surface area contributed by atoms with Gasteiger partial charge in [-0.15, -0.1) is 0 Å². The number of anilines is 2. The number of nitrogens with zero attached hydrogens (tertiary/aromatic N) is 3. The molecule has 3 rings (SSSR count). The van der Waals surface area contributed by atoms with Crippen LogP contribution in [0.5, 0.6) is 0 Å². The zero-order valence-electron chi connectivity index (χ0n) is 13.1. The number of hydrogen-bond acceptors (Lipinski definition) is 3. The summed E-state index contributed by atoms with van der Waals surface area (Å²) in [4.78, 5) is 29.2. The van der Waals surface area contributed by atoms with Gasteiger partial charge in [-0.1, -0.05) is 0 Å². The molecular weight excluding hydrogens is 294 g/mol. The number of hydrogen-bond donors (Lipinski definition) is 2. The van der Waals surface area contributed by atoms with Gasteiger partial charge in [-0.3, -0.25) is 9.69 Å². The van der Waals surface area contributed by atoms with E-state index in [0.29, 0.717) is 17.9 Å². The minimum atomic E-state index is -0.459. The molecule has 0 atom stereocenters. The van der Waals surface area contributed by atoms with Crippen LogP contribution in [0, 0.1) is 0 Å². The van der Waals surface area contributed by atoms with Gasteiger partial charge in [-0.2, -0.15) is 0 Å². The van der Waals surface area contributed by atoms with Crippen LogP contribution in [-0.4, -0.2) is 28.0 Å². The van der Waals surface area contributed by atoms with Crippen LogP contribution in [0.4, 0.5) is 16.2 Å². The van der Waals surface area contributed by atoms with E-state index >= 15 is 0 Å². The number of amides is 3. The highest BCUT2D eigenvalue weighted by Gasteiger charge is 2.23. The lowest BCUT2D eigenvalue weighted by atomic mass is 10.1. The average Bonchev–Trinajstić information content (AvgIpc) is 3.13. The molecule has 23 heavy (non-hydrogen) atoms. The van der Waals surface area contributed by atoms with Crippen LogP contribution < -0.4 is 16.0 Å². The van der Waals surface area contributed by atoms with Crippen molar-refractivity contribution < 1.29 is 9.59 Å². The van der Waals surface area contributed by atoms with Gasteiger partial charge in [-0.25, -0.2) is 9.78 Å². The number of benzene rings is 1. The maximum atomic E-state index is 12.3. The standard InChI is InChI=1S/C16H19N5O2/c1-10(2)20-8-13(18-9-20)15(22)19-12-3-4-14-11(7-12)5-6-21(14)16(17)23/h3-4,7-10H,5-6H2,1-2H3,(H2,17,23)(H,19,22). The van der Waals surface area contributed by atoms with Crippen LogP contribution in [0.25, 0.3) is 0 Å². The maximum Gasteiger partial charge on any atom is 0.319 e. The number of carbonyl (C=O) groups is 2. The lowest BCUT2D eigenvalue weighted by Crippen LogP contribution is -2.33. The van der Waals surface area contributed by atoms with Gasteiger partial charge in [0.2, 0.25) is 0 Å². The predicted octanol–water partition coefficient (Wildman–Crippen LogP) is 2.16. The van der Waals surface area contributed by atoms with Gasteiger partial charge in [0.05, 0.1) is 6.33 Å². The van der Waals surface area contributed by atoms with Gasteiger partial charge in [0.15, 0.2) is 0 Å². The molecule has 3 amide bonds. The van der Waals surface area contributed by atoms with Crippen molar-refractivity contribution in [1.82, 2.24) is 9.55 Å². The molecule has 0 saturated heterocycles. The maximum absolute atomic E-state index is 12.3. The molecule has 2 heterocycles. The summed E-state index contributed by atoms with van der Waals surface area (Å²) in [5, 5.41) is 2.83. The van der Waals surface area contributed by atoms with E-state index in [9.17, 15) is 9.59 Å². The fourth-order valence-electron chi connectivity index (χ4n) is 2.64. The average molecular weight is 313 g/mol. The molecule has 3 N–H and O–H groups in total. The molecule has 0 saturated carbocycles. The molecule has 120 valence electrons. The van der Waals surface area contributed by atoms with Crippen LogP contribution >= 0.6 is 0 Å². The third-order valence-electron chi connectivity index (χ3n) is 3.93. The Morgan fingerprint density at radius 3 is 2.78 bits per heavy atom. The highest BCUT2D eigenvalue weighted by molar-refractivity contribution is 6.03. The number of nitrogens with two attached hydrogens (primary N) is 1. The van der Waals surface area contributed by atoms with E-state index in [1.54, 1.807) is 24.7 Å². The second kappa shape index (κ2) is 5.75. The zero-order valence-corrected chi connectivity index (χ0v) is 13.1. The van der Waals surface area contributed by atoms with Gasteiger partial charge in [0, 0.05) is 30.2 Å². The van der Waals surface area contributed by atoms with E-state index < -0.39 is 6.03 Å². The number of rotatable bonds is 3. The summed E-state index contributed by atoms with van der Waals surface area (Å²) < 4.78 is 1.88. The second-order valence-electron chi connectivity index (χ2n) is 5.84. The lowest BCUT2D eigenvalue weighted by molar-refractivity contribution is 0.102. The predicted molar refractivity (Wildman–Crippen MR) is 87.6 cm³/mol. The largest absolute Gasteiger partial charge is 0.351 e. The number of nitrogens with one attached hydrogen (secondary N) is 1. The fourth-order valence-corrected chi connectivity index (χ4v) is 2.64. The Kier molecular flexibility index (Phi) is 3.77. The van der Waals surface area contributed by atoms with Crippen LogP contribution in [0.2, 0.25) is 0 Å². The normalized spacial score (nSPS) is 13.3. The summed E-state index contributed by atoms with van der Waals surface area (Å²) in [7, 11) is 0. The van der Waals surface area contributed by atoms with Crippen molar-refractivity contribution in [1.29, 1.82) is 0 Å². The molecule has 1 aliphatic rings. The van der Waals surface area contributed by atoms with Crippen molar-refractivity contribution in [2.45, 2.75) is 26.3 Å². The Hall–Kier alpha value is -2.83. The molecule has 0 spiro atoms. The number of aromatic nitrogens is 2. The number of carbonyl (C=O) groups excluding carboxylic acids is 2. The monoisotopic (exact) mass is 313 g/mol. The van der Waals surface area contributed by atoms with Crippen molar-refractivity contribution >= 4 is 23.3 Å². The Bertz CT molecular complexity index is 766. The number of primary amides is 1. The minimum Gasteiger partial charge on any atom is -0.351 e. The highest BCUT2D eigenvalue weighted by Crippen LogP contribution is 2.30. The summed E-state index contributed by atoms with van der Waals surface area (Å²) >= 11 is 0. The van der Waals surface area contributed by atoms with E-state index in [2.05, 4.69) is 10.3 Å². The first-order valence-corrected chi connectivity index (χ1v) is 7.50. The Morgan fingerprint density at radius 2 is 2.13 bits per heavy atom. The third kappa shape index (κ3) is 2.90. The minimum absolute atomic E-state index is 0.254. The van der Waals surface area contributed by atoms with Gasteiger partial charge in [-0.05, 0) is 44.0 Å². The number of fused-ring (bicyclic) bond motifs is 1. The van der Waals surface area contributed by atoms with Crippen LogP contribution in [0.1, 0.15) is 35.9 Å². The topological polar surface area (TPSA) is 93.2 Å². The highest BCUT2D eigenvalue weighted by atomic mass is 16.2. The summed E-state index contributed by atoms with van der Waals surface area (Å²) in [5.74, 6) is -0.255. The Morgan fingerprint density at radius 1 is 1.35 bits per heavy atom. The molecule has 0 aliphatic carbocycles. The molecular formula is C16H19N5O2. The van der Waals surface area contributed by atoms with Crippen molar-refractivity contribution in [3.63, 3.8) is 0 Å². The molecule has 0 unspecified atom stereocenters. The van der Waals surface area contributed by atoms with E-state index in [-0.39, 0.29) is 11.9 Å². The van der Waals surface area contributed by atoms with E-state index in [4.69, 9.17) is 5.73 Å². The summed E-state index contributed by atoms with van der Waals surface area (Å²) in [6.07, 6.45) is 4.10. The zero-order chi connectivity index (χ0) is 16.6. The Labute approximate surface area is 134 Å². The van der Waals surface area contributed by atoms with Crippen molar-refractivity contribution in [3.05, 3.63) is 42.0 Å². The van der Waals surface area contributed by atoms with E-state index in [1.165, 1.54) is 4.90 Å². The third-order valence-corrected chi connectivity index (χ3v) is 3.93. The van der Waals surface area contributed by atoms with Gasteiger partial charge in [0.1, 0.15) is 5.69 Å². The Balaban J connectivity index is 1.76. The molecule has 0 bridgehead atoms. The van der Waals surface area contributed by atoms with Crippen LogP contribution in [0.3, 0.4) is 0 Å². The first kappa shape index (κ1) is 15.1. The van der Waals surface area contributed by atoms with Crippen LogP contribution in [-0.2, 0) is 6.42 Å². The fraction of sp³-hybridized carbons (Fsp3) is 0.312. The molecule has 7 nitrogen and oxygen atoms in total. The molecule has 1 aromatic carbocycles. The van der Waals surface area contributed by atoms with Crippen LogP contribution in [0.15, 0.2) is 30.7 Å². The summed E-state index contributed by atoms with van der Waals surface area (Å²) in [6.45, 7) is 4.61. The number of imidazole rings is 1. The first-order valence-electron chi connectivity index (χ1n) is 7.50. The molecule has 7 heteroatoms. The summed E-state index contributed by atoms with van der Waals surface area (Å²) in [6, 6.07) is 5.23. The quantitative estimate of drug-likeness (QED) is 0.909. The SMILES string of the molecule is CC(C)n1cnc(C(=O)Nc2ccc3c(c2)CCN3C(N)=O)c1. The molecule has 0 fully saturated rings. The van der Waals surface area contributed by atoms with E-state index in [1.807, 2.05) is 24.5 Å². The van der Waals surface area contributed by atoms with Crippen molar-refractivity contribution in [3.8, 4) is 0 Å². The lowest BCUT2D eigenvalue weighted by Gasteiger charge is -2.14. The van der Waals surface area contributed by atoms with E-state index in [0.717, 1.165) is 17.7 Å². The van der Waals surface area contributed by atoms with Gasteiger partial charge >= 0.3 is 6.03 Å². The molecule has 0 radical (unpaired) electrons. The first-order chi connectivity index (χ1) is 11.0. The molecule has 1 aromatic heterocycles. The van der Waals surface area contributed by atoms with Crippen molar-refractivity contribution in [2.24, 2.45) is 5.73 Å². The van der Waals surface area contributed by atoms with Crippen molar-refractivity contribution in [2.75, 3.05) is 16.8 Å². The van der Waals surface area contributed by atoms with Gasteiger partial charge in [0.25, 0.3) is 5.91 Å².